The van der Waals surface area contributed by atoms with Crippen LogP contribution in [-0.2, 0) is 13.2 Å². The molecule has 2 aromatic heterocycles. The van der Waals surface area contributed by atoms with Gasteiger partial charge in [-0.25, -0.2) is 4.98 Å². The van der Waals surface area contributed by atoms with Crippen LogP contribution in [0.1, 0.15) is 41.7 Å². The Hall–Kier alpha value is -2.29. The molecule has 1 fully saturated rings. The number of pyridine rings is 1. The minimum atomic E-state index is -4.70. The maximum atomic E-state index is 13.2. The van der Waals surface area contributed by atoms with Gasteiger partial charge in [0.25, 0.3) is 5.91 Å². The second-order valence-electron chi connectivity index (χ2n) is 6.15. The second kappa shape index (κ2) is 7.14. The van der Waals surface area contributed by atoms with Gasteiger partial charge in [0.1, 0.15) is 11.5 Å². The minimum Gasteiger partial charge on any atom is -0.367 e. The molecular formula is C16H17ClF3N5O. The minimum absolute atomic E-state index is 0.175. The number of anilines is 2. The van der Waals surface area contributed by atoms with Gasteiger partial charge >= 0.3 is 6.18 Å². The van der Waals surface area contributed by atoms with Crippen molar-refractivity contribution in [2.45, 2.75) is 37.9 Å². The molecule has 26 heavy (non-hydrogen) atoms. The number of aromatic nitrogens is 3. The highest BCUT2D eigenvalue weighted by atomic mass is 35.5. The Balaban J connectivity index is 1.81. The van der Waals surface area contributed by atoms with Crippen LogP contribution in [0.15, 0.2) is 18.3 Å². The van der Waals surface area contributed by atoms with E-state index in [4.69, 9.17) is 11.6 Å². The van der Waals surface area contributed by atoms with Gasteiger partial charge in [0.2, 0.25) is 0 Å². The molecule has 0 saturated heterocycles. The maximum absolute atomic E-state index is 13.2. The van der Waals surface area contributed by atoms with Crippen molar-refractivity contribution in [2.24, 2.45) is 7.05 Å². The van der Waals surface area contributed by atoms with E-state index >= 15 is 0 Å². The number of hydrogen-bond acceptors (Lipinski definition) is 4. The molecule has 2 aromatic rings. The summed E-state index contributed by atoms with van der Waals surface area (Å²) < 4.78 is 40.1. The van der Waals surface area contributed by atoms with Gasteiger partial charge in [-0.1, -0.05) is 24.4 Å². The molecule has 1 amide bonds. The van der Waals surface area contributed by atoms with Crippen LogP contribution in [-0.4, -0.2) is 26.7 Å². The van der Waals surface area contributed by atoms with Crippen LogP contribution < -0.4 is 10.6 Å². The first-order chi connectivity index (χ1) is 12.3. The molecule has 0 radical (unpaired) electrons. The van der Waals surface area contributed by atoms with E-state index in [1.165, 1.54) is 18.3 Å². The van der Waals surface area contributed by atoms with Crippen LogP contribution in [0, 0.1) is 0 Å². The van der Waals surface area contributed by atoms with Crippen molar-refractivity contribution in [3.63, 3.8) is 0 Å². The number of aryl methyl sites for hydroxylation is 1. The molecule has 2 heterocycles. The van der Waals surface area contributed by atoms with Crippen LogP contribution in [0.5, 0.6) is 0 Å². The third-order valence-corrected chi connectivity index (χ3v) is 4.51. The van der Waals surface area contributed by atoms with Gasteiger partial charge in [-0.3, -0.25) is 9.48 Å². The normalized spacial score (nSPS) is 15.3. The quantitative estimate of drug-likeness (QED) is 0.828. The summed E-state index contributed by atoms with van der Waals surface area (Å²) >= 11 is 5.76. The van der Waals surface area contributed by atoms with Crippen molar-refractivity contribution in [3.05, 3.63) is 34.7 Å². The zero-order valence-corrected chi connectivity index (χ0v) is 14.7. The third kappa shape index (κ3) is 3.92. The molecule has 0 aromatic carbocycles. The third-order valence-electron chi connectivity index (χ3n) is 4.24. The highest BCUT2D eigenvalue weighted by Gasteiger charge is 2.39. The number of halogens is 4. The molecule has 140 valence electrons. The zero-order valence-electron chi connectivity index (χ0n) is 13.9. The maximum Gasteiger partial charge on any atom is 0.435 e. The summed E-state index contributed by atoms with van der Waals surface area (Å²) in [6.07, 6.45) is 1.05. The van der Waals surface area contributed by atoms with E-state index in [-0.39, 0.29) is 5.56 Å². The van der Waals surface area contributed by atoms with Gasteiger partial charge < -0.3 is 10.6 Å². The highest BCUT2D eigenvalue weighted by molar-refractivity contribution is 6.33. The predicted molar refractivity (Wildman–Crippen MR) is 91.3 cm³/mol. The van der Waals surface area contributed by atoms with Crippen LogP contribution in [0.4, 0.5) is 24.7 Å². The Kier molecular flexibility index (Phi) is 5.08. The molecule has 1 aliphatic rings. The van der Waals surface area contributed by atoms with E-state index in [0.29, 0.717) is 16.5 Å². The number of carbonyl (C=O) groups excluding carboxylic acids is 1. The highest BCUT2D eigenvalue weighted by Crippen LogP contribution is 2.38. The fourth-order valence-electron chi connectivity index (χ4n) is 3.04. The first kappa shape index (κ1) is 18.5. The van der Waals surface area contributed by atoms with Crippen molar-refractivity contribution in [1.82, 2.24) is 14.8 Å². The number of nitrogens with one attached hydrogen (secondary N) is 2. The number of carbonyl (C=O) groups is 1. The van der Waals surface area contributed by atoms with Crippen molar-refractivity contribution in [2.75, 3.05) is 10.6 Å². The average molecular weight is 388 g/mol. The smallest absolute Gasteiger partial charge is 0.367 e. The van der Waals surface area contributed by atoms with E-state index in [2.05, 4.69) is 20.7 Å². The lowest BCUT2D eigenvalue weighted by atomic mass is 10.2. The van der Waals surface area contributed by atoms with Gasteiger partial charge in [0.15, 0.2) is 10.8 Å². The van der Waals surface area contributed by atoms with E-state index in [0.717, 1.165) is 32.7 Å². The molecule has 0 unspecified atom stereocenters. The van der Waals surface area contributed by atoms with Crippen molar-refractivity contribution < 1.29 is 18.0 Å². The number of alkyl halides is 3. The van der Waals surface area contributed by atoms with Crippen molar-refractivity contribution in [1.29, 1.82) is 0 Å². The van der Waals surface area contributed by atoms with Gasteiger partial charge in [-0.15, -0.1) is 0 Å². The molecule has 2 N–H and O–H groups in total. The Labute approximate surface area is 152 Å². The largest absolute Gasteiger partial charge is 0.435 e. The SMILES string of the molecule is Cn1nc(Cl)c(NC(=O)c2ccnc(NC3CCCC3)c2)c1C(F)(F)F. The topological polar surface area (TPSA) is 71.8 Å². The van der Waals surface area contributed by atoms with E-state index < -0.39 is 28.6 Å². The summed E-state index contributed by atoms with van der Waals surface area (Å²) in [6, 6.07) is 3.23. The molecule has 1 saturated carbocycles. The summed E-state index contributed by atoms with van der Waals surface area (Å²) in [4.78, 5) is 16.6. The van der Waals surface area contributed by atoms with Gasteiger partial charge in [0, 0.05) is 24.8 Å². The lowest BCUT2D eigenvalue weighted by molar-refractivity contribution is -0.143. The predicted octanol–water partition coefficient (Wildman–Crippen LogP) is 4.09. The van der Waals surface area contributed by atoms with E-state index in [1.54, 1.807) is 0 Å². The zero-order chi connectivity index (χ0) is 18.9. The second-order valence-corrected chi connectivity index (χ2v) is 6.50. The van der Waals surface area contributed by atoms with Crippen LogP contribution in [0.25, 0.3) is 0 Å². The molecule has 10 heteroatoms. The summed E-state index contributed by atoms with van der Waals surface area (Å²) in [5.41, 5.74) is -1.50. The lowest BCUT2D eigenvalue weighted by Gasteiger charge is -2.14. The molecular weight excluding hydrogens is 371 g/mol. The Morgan fingerprint density at radius 1 is 1.35 bits per heavy atom. The summed E-state index contributed by atoms with van der Waals surface area (Å²) in [5, 5.41) is 8.56. The number of nitrogens with zero attached hydrogens (tertiary/aromatic N) is 3. The van der Waals surface area contributed by atoms with E-state index in [1.807, 2.05) is 0 Å². The van der Waals surface area contributed by atoms with Gasteiger partial charge in [-0.2, -0.15) is 18.3 Å². The average Bonchev–Trinajstić information content (AvgIpc) is 3.15. The number of rotatable bonds is 4. The first-order valence-corrected chi connectivity index (χ1v) is 8.47. The first-order valence-electron chi connectivity index (χ1n) is 8.09. The van der Waals surface area contributed by atoms with Crippen molar-refractivity contribution >= 4 is 29.0 Å². The molecule has 3 rings (SSSR count). The fourth-order valence-corrected chi connectivity index (χ4v) is 3.29. The molecule has 0 spiro atoms. The monoisotopic (exact) mass is 387 g/mol. The summed E-state index contributed by atoms with van der Waals surface area (Å²) in [5.74, 6) is -0.208. The van der Waals surface area contributed by atoms with Crippen LogP contribution in [0.3, 0.4) is 0 Å². The lowest BCUT2D eigenvalue weighted by Crippen LogP contribution is -2.19. The number of hydrogen-bond donors (Lipinski definition) is 2. The molecule has 0 bridgehead atoms. The molecule has 0 atom stereocenters. The van der Waals surface area contributed by atoms with E-state index in [9.17, 15) is 18.0 Å². The summed E-state index contributed by atoms with van der Waals surface area (Å²) in [7, 11) is 1.11. The summed E-state index contributed by atoms with van der Waals surface area (Å²) in [6.45, 7) is 0. The molecule has 6 nitrogen and oxygen atoms in total. The van der Waals surface area contributed by atoms with Crippen molar-refractivity contribution in [3.8, 4) is 0 Å². The van der Waals surface area contributed by atoms with Crippen LogP contribution in [0.2, 0.25) is 5.15 Å². The van der Waals surface area contributed by atoms with Crippen LogP contribution >= 0.6 is 11.6 Å². The molecule has 0 aliphatic heterocycles. The van der Waals surface area contributed by atoms with Gasteiger partial charge in [0.05, 0.1) is 0 Å². The fraction of sp³-hybridized carbons (Fsp3) is 0.438. The Morgan fingerprint density at radius 2 is 2.04 bits per heavy atom. The standard InChI is InChI=1S/C16H17ClF3N5O/c1-25-13(16(18,19)20)12(14(17)24-25)23-15(26)9-6-7-21-11(8-9)22-10-4-2-3-5-10/h6-8,10H,2-5H2,1H3,(H,21,22)(H,23,26). The number of amides is 1. The van der Waals surface area contributed by atoms with Gasteiger partial charge in [-0.05, 0) is 25.0 Å². The Morgan fingerprint density at radius 3 is 2.69 bits per heavy atom. The Bertz CT molecular complexity index is 815. The molecule has 1 aliphatic carbocycles.